The number of nitrogens with zero attached hydrogens (tertiary/aromatic N) is 2. The summed E-state index contributed by atoms with van der Waals surface area (Å²) in [6.45, 7) is 2.71. The van der Waals surface area contributed by atoms with Crippen molar-refractivity contribution in [2.24, 2.45) is 0 Å². The van der Waals surface area contributed by atoms with E-state index >= 15 is 0 Å². The first kappa shape index (κ1) is 22.3. The van der Waals surface area contributed by atoms with E-state index in [1.165, 1.54) is 0 Å². The summed E-state index contributed by atoms with van der Waals surface area (Å²) in [6, 6.07) is 13.9. The predicted molar refractivity (Wildman–Crippen MR) is 123 cm³/mol. The molecule has 0 aliphatic heterocycles. The third-order valence-corrected chi connectivity index (χ3v) is 4.69. The summed E-state index contributed by atoms with van der Waals surface area (Å²) in [7, 11) is 8.17. The van der Waals surface area contributed by atoms with Crippen molar-refractivity contribution in [2.75, 3.05) is 46.6 Å². The van der Waals surface area contributed by atoms with Crippen molar-refractivity contribution in [3.05, 3.63) is 69.7 Å². The number of hydrogen-bond donors (Lipinski definition) is 1. The van der Waals surface area contributed by atoms with Crippen LogP contribution in [0, 0.1) is 0 Å². The lowest BCUT2D eigenvalue weighted by molar-refractivity contribution is 0.104. The standard InChI is InChI=1S/C23H30BrN3O/c1-26(2)13-7-12-25-21-15-18(14-20(24)16-21)10-11-23(28)22-9-6-5-8-19(22)17-27(3)4/h5-6,8-11,14-16,25H,7,12-13,17H2,1-4H3. The Hall–Kier alpha value is -1.95. The van der Waals surface area contributed by atoms with Gasteiger partial charge in [0, 0.05) is 28.8 Å². The maximum atomic E-state index is 12.7. The van der Waals surface area contributed by atoms with Gasteiger partial charge in [-0.25, -0.2) is 0 Å². The lowest BCUT2D eigenvalue weighted by Gasteiger charge is -2.12. The fourth-order valence-electron chi connectivity index (χ4n) is 2.94. The Bertz CT molecular complexity index is 815. The predicted octanol–water partition coefficient (Wildman–Crippen LogP) is 4.77. The summed E-state index contributed by atoms with van der Waals surface area (Å²) in [5.41, 5.74) is 3.83. The third-order valence-electron chi connectivity index (χ3n) is 4.23. The van der Waals surface area contributed by atoms with Gasteiger partial charge in [-0.2, -0.15) is 0 Å². The van der Waals surface area contributed by atoms with Crippen molar-refractivity contribution in [3.63, 3.8) is 0 Å². The first-order valence-electron chi connectivity index (χ1n) is 9.49. The molecule has 0 unspecified atom stereocenters. The van der Waals surface area contributed by atoms with Crippen LogP contribution in [0.25, 0.3) is 6.08 Å². The summed E-state index contributed by atoms with van der Waals surface area (Å²) in [5.74, 6) is 0.0258. The fourth-order valence-corrected chi connectivity index (χ4v) is 3.45. The van der Waals surface area contributed by atoms with Gasteiger partial charge in [0.1, 0.15) is 0 Å². The molecule has 0 atom stereocenters. The van der Waals surface area contributed by atoms with E-state index in [0.717, 1.165) is 52.9 Å². The zero-order valence-corrected chi connectivity index (χ0v) is 18.8. The Kier molecular flexibility index (Phi) is 8.90. The molecule has 2 aromatic carbocycles. The van der Waals surface area contributed by atoms with Crippen LogP contribution in [-0.2, 0) is 6.54 Å². The second-order valence-corrected chi connectivity index (χ2v) is 8.37. The van der Waals surface area contributed by atoms with Crippen molar-refractivity contribution in [1.29, 1.82) is 0 Å². The minimum absolute atomic E-state index is 0.0258. The lowest BCUT2D eigenvalue weighted by atomic mass is 10.0. The number of benzene rings is 2. The number of halogens is 1. The van der Waals surface area contributed by atoms with E-state index in [2.05, 4.69) is 57.3 Å². The van der Waals surface area contributed by atoms with Gasteiger partial charge in [0.05, 0.1) is 0 Å². The third kappa shape index (κ3) is 7.58. The number of hydrogen-bond acceptors (Lipinski definition) is 4. The molecular formula is C23H30BrN3O. The van der Waals surface area contributed by atoms with Crippen LogP contribution in [0.1, 0.15) is 27.9 Å². The van der Waals surface area contributed by atoms with Gasteiger partial charge in [-0.05, 0) is 76.6 Å². The highest BCUT2D eigenvalue weighted by molar-refractivity contribution is 9.10. The smallest absolute Gasteiger partial charge is 0.186 e. The number of nitrogens with one attached hydrogen (secondary N) is 1. The van der Waals surface area contributed by atoms with Gasteiger partial charge in [-0.3, -0.25) is 4.79 Å². The fraction of sp³-hybridized carbons (Fsp3) is 0.348. The van der Waals surface area contributed by atoms with Crippen molar-refractivity contribution in [3.8, 4) is 0 Å². The summed E-state index contributed by atoms with van der Waals surface area (Å²) in [4.78, 5) is 17.0. The molecule has 1 N–H and O–H groups in total. The summed E-state index contributed by atoms with van der Waals surface area (Å²) < 4.78 is 0.991. The van der Waals surface area contributed by atoms with Crippen molar-refractivity contribution in [1.82, 2.24) is 9.80 Å². The Morgan fingerprint density at radius 1 is 1.07 bits per heavy atom. The molecule has 0 aliphatic rings. The number of carbonyl (C=O) groups is 1. The van der Waals surface area contributed by atoms with Crippen LogP contribution < -0.4 is 5.32 Å². The van der Waals surface area contributed by atoms with Crippen LogP contribution in [0.4, 0.5) is 5.69 Å². The van der Waals surface area contributed by atoms with Crippen LogP contribution >= 0.6 is 15.9 Å². The summed E-state index contributed by atoms with van der Waals surface area (Å²) in [5, 5.41) is 3.45. The SMILES string of the molecule is CN(C)CCCNc1cc(Br)cc(C=CC(=O)c2ccccc2CN(C)C)c1. The van der Waals surface area contributed by atoms with Gasteiger partial charge < -0.3 is 15.1 Å². The molecule has 0 bridgehead atoms. The Labute approximate surface area is 177 Å². The van der Waals surface area contributed by atoms with Crippen molar-refractivity contribution >= 4 is 33.5 Å². The molecule has 0 radical (unpaired) electrons. The Balaban J connectivity index is 2.08. The number of ketones is 1. The second-order valence-electron chi connectivity index (χ2n) is 7.45. The Morgan fingerprint density at radius 3 is 2.54 bits per heavy atom. The molecule has 0 aliphatic carbocycles. The zero-order valence-electron chi connectivity index (χ0n) is 17.2. The van der Waals surface area contributed by atoms with Crippen LogP contribution in [0.3, 0.4) is 0 Å². The summed E-state index contributed by atoms with van der Waals surface area (Å²) in [6.07, 6.45) is 4.61. The van der Waals surface area contributed by atoms with Gasteiger partial charge in [0.15, 0.2) is 5.78 Å². The second kappa shape index (κ2) is 11.1. The number of rotatable bonds is 10. The first-order valence-corrected chi connectivity index (χ1v) is 10.3. The van der Waals surface area contributed by atoms with Gasteiger partial charge in [-0.15, -0.1) is 0 Å². The molecule has 2 aromatic rings. The van der Waals surface area contributed by atoms with E-state index in [9.17, 15) is 4.79 Å². The van der Waals surface area contributed by atoms with Crippen LogP contribution in [0.15, 0.2) is 53.0 Å². The molecule has 28 heavy (non-hydrogen) atoms. The topological polar surface area (TPSA) is 35.6 Å². The van der Waals surface area contributed by atoms with E-state index in [4.69, 9.17) is 0 Å². The molecule has 0 heterocycles. The average Bonchev–Trinajstić information content (AvgIpc) is 2.63. The molecule has 0 saturated carbocycles. The molecule has 0 aromatic heterocycles. The van der Waals surface area contributed by atoms with Gasteiger partial charge >= 0.3 is 0 Å². The molecule has 0 saturated heterocycles. The van der Waals surface area contributed by atoms with Gasteiger partial charge in [0.2, 0.25) is 0 Å². The van der Waals surface area contributed by atoms with Crippen LogP contribution in [-0.4, -0.2) is 56.9 Å². The first-order chi connectivity index (χ1) is 13.3. The maximum Gasteiger partial charge on any atom is 0.186 e. The Morgan fingerprint density at radius 2 is 1.82 bits per heavy atom. The number of anilines is 1. The molecule has 0 spiro atoms. The average molecular weight is 444 g/mol. The minimum Gasteiger partial charge on any atom is -0.385 e. The van der Waals surface area contributed by atoms with E-state index < -0.39 is 0 Å². The molecule has 5 heteroatoms. The molecule has 4 nitrogen and oxygen atoms in total. The van der Waals surface area contributed by atoms with Crippen molar-refractivity contribution in [2.45, 2.75) is 13.0 Å². The molecule has 0 fully saturated rings. The minimum atomic E-state index is 0.0258. The van der Waals surface area contributed by atoms with Crippen molar-refractivity contribution < 1.29 is 4.79 Å². The quantitative estimate of drug-likeness (QED) is 0.325. The molecule has 150 valence electrons. The van der Waals surface area contributed by atoms with Gasteiger partial charge in [-0.1, -0.05) is 46.3 Å². The van der Waals surface area contributed by atoms with Crippen LogP contribution in [0.5, 0.6) is 0 Å². The highest BCUT2D eigenvalue weighted by atomic mass is 79.9. The van der Waals surface area contributed by atoms with E-state index in [1.54, 1.807) is 6.08 Å². The largest absolute Gasteiger partial charge is 0.385 e. The van der Waals surface area contributed by atoms with Gasteiger partial charge in [0.25, 0.3) is 0 Å². The lowest BCUT2D eigenvalue weighted by Crippen LogP contribution is -2.16. The molecular weight excluding hydrogens is 414 g/mol. The summed E-state index contributed by atoms with van der Waals surface area (Å²) >= 11 is 3.56. The highest BCUT2D eigenvalue weighted by Crippen LogP contribution is 2.21. The highest BCUT2D eigenvalue weighted by Gasteiger charge is 2.09. The normalized spacial score (nSPS) is 11.5. The number of carbonyl (C=O) groups excluding carboxylic acids is 1. The maximum absolute atomic E-state index is 12.7. The van der Waals surface area contributed by atoms with E-state index in [-0.39, 0.29) is 5.78 Å². The van der Waals surface area contributed by atoms with Crippen LogP contribution in [0.2, 0.25) is 0 Å². The monoisotopic (exact) mass is 443 g/mol. The zero-order chi connectivity index (χ0) is 20.5. The number of allylic oxidation sites excluding steroid dienone is 1. The molecule has 2 rings (SSSR count). The van der Waals surface area contributed by atoms with E-state index in [1.807, 2.05) is 50.5 Å². The molecule has 0 amide bonds. The van der Waals surface area contributed by atoms with E-state index in [0.29, 0.717) is 0 Å².